The van der Waals surface area contributed by atoms with Crippen LogP contribution < -0.4 is 0 Å². The van der Waals surface area contributed by atoms with Crippen LogP contribution in [-0.4, -0.2) is 37.9 Å². The molecule has 0 aliphatic rings. The van der Waals surface area contributed by atoms with Crippen molar-refractivity contribution < 1.29 is 23.8 Å². The Morgan fingerprint density at radius 1 is 0.383 bits per heavy atom. The Balaban J connectivity index is 4.31. The zero-order valence-electron chi connectivity index (χ0n) is 40.0. The average molecular weight is 839 g/mol. The van der Waals surface area contributed by atoms with Gasteiger partial charge in [-0.3, -0.25) is 9.59 Å². The van der Waals surface area contributed by atoms with E-state index in [1.807, 2.05) is 0 Å². The third kappa shape index (κ3) is 48.3. The first-order valence-electron chi connectivity index (χ1n) is 25.8. The molecule has 0 saturated carbocycles. The molecule has 0 aromatic rings. The molecule has 0 N–H and O–H groups in total. The lowest BCUT2D eigenvalue weighted by molar-refractivity contribution is -0.163. The summed E-state index contributed by atoms with van der Waals surface area (Å²) in [6.07, 6.45) is 63.7. The predicted molar refractivity (Wildman–Crippen MR) is 261 cm³/mol. The van der Waals surface area contributed by atoms with Crippen molar-refractivity contribution >= 4 is 11.9 Å². The highest BCUT2D eigenvalue weighted by Gasteiger charge is 2.17. The van der Waals surface area contributed by atoms with Crippen LogP contribution >= 0.6 is 0 Å². The van der Waals surface area contributed by atoms with E-state index in [1.165, 1.54) is 135 Å². The molecule has 0 fully saturated rings. The number of carbonyl (C=O) groups is 2. The second-order valence-corrected chi connectivity index (χ2v) is 17.0. The summed E-state index contributed by atoms with van der Waals surface area (Å²) < 4.78 is 17.4. The van der Waals surface area contributed by atoms with Gasteiger partial charge in [0.1, 0.15) is 6.61 Å². The summed E-state index contributed by atoms with van der Waals surface area (Å²) in [6, 6.07) is 0. The molecule has 0 saturated heterocycles. The molecule has 0 heterocycles. The maximum Gasteiger partial charge on any atom is 0.306 e. The fourth-order valence-electron chi connectivity index (χ4n) is 7.16. The summed E-state index contributed by atoms with van der Waals surface area (Å²) in [5.74, 6) is -0.424. The lowest BCUT2D eigenvalue weighted by Gasteiger charge is -2.18. The van der Waals surface area contributed by atoms with Gasteiger partial charge in [0.25, 0.3) is 0 Å². The molecule has 0 aliphatic carbocycles. The molecule has 1 unspecified atom stereocenters. The minimum Gasteiger partial charge on any atom is -0.462 e. The topological polar surface area (TPSA) is 61.8 Å². The van der Waals surface area contributed by atoms with Gasteiger partial charge in [0, 0.05) is 19.4 Å². The average Bonchev–Trinajstić information content (AvgIpc) is 3.25. The molecule has 0 bridgehead atoms. The van der Waals surface area contributed by atoms with E-state index in [0.29, 0.717) is 19.4 Å². The van der Waals surface area contributed by atoms with E-state index in [2.05, 4.69) is 81.5 Å². The van der Waals surface area contributed by atoms with E-state index in [4.69, 9.17) is 14.2 Å². The molecule has 0 amide bonds. The summed E-state index contributed by atoms with van der Waals surface area (Å²) in [7, 11) is 0. The van der Waals surface area contributed by atoms with E-state index in [-0.39, 0.29) is 25.2 Å². The highest BCUT2D eigenvalue weighted by molar-refractivity contribution is 5.70. The SMILES string of the molecule is CC/C=C\C/C=C\C/C=C\CCCCCCCC(=O)OCC(COCCCCCCCC/C=C\CCCCCC)OC(=O)CCCCCCC/C=C\CCCCCCCC. The first-order valence-corrected chi connectivity index (χ1v) is 25.8. The van der Waals surface area contributed by atoms with Gasteiger partial charge in [0.05, 0.1) is 6.61 Å². The van der Waals surface area contributed by atoms with Crippen LogP contribution in [0.15, 0.2) is 60.8 Å². The Labute approximate surface area is 373 Å². The van der Waals surface area contributed by atoms with Gasteiger partial charge in [-0.15, -0.1) is 0 Å². The van der Waals surface area contributed by atoms with Gasteiger partial charge in [0.15, 0.2) is 6.10 Å². The number of ether oxygens (including phenoxy) is 3. The van der Waals surface area contributed by atoms with Crippen LogP contribution in [0.2, 0.25) is 0 Å². The Kier molecular flexibility index (Phi) is 48.9. The lowest BCUT2D eigenvalue weighted by atomic mass is 10.1. The molecule has 0 aromatic carbocycles. The molecular weight excluding hydrogens is 741 g/mol. The number of hydrogen-bond donors (Lipinski definition) is 0. The number of hydrogen-bond acceptors (Lipinski definition) is 5. The summed E-state index contributed by atoms with van der Waals surface area (Å²) in [4.78, 5) is 25.4. The largest absolute Gasteiger partial charge is 0.462 e. The van der Waals surface area contributed by atoms with Gasteiger partial charge >= 0.3 is 11.9 Å². The molecule has 0 aliphatic heterocycles. The normalized spacial score (nSPS) is 12.7. The van der Waals surface area contributed by atoms with Crippen LogP contribution in [0.1, 0.15) is 252 Å². The minimum atomic E-state index is -0.550. The van der Waals surface area contributed by atoms with Crippen LogP contribution in [0.25, 0.3) is 0 Å². The number of unbranched alkanes of at least 4 members (excludes halogenated alkanes) is 26. The zero-order chi connectivity index (χ0) is 43.5. The molecule has 0 radical (unpaired) electrons. The summed E-state index contributed by atoms with van der Waals surface area (Å²) in [6.45, 7) is 7.68. The first-order chi connectivity index (χ1) is 29.6. The molecule has 0 aromatic heterocycles. The number of esters is 2. The van der Waals surface area contributed by atoms with Gasteiger partial charge in [-0.1, -0.05) is 197 Å². The third-order valence-electron chi connectivity index (χ3n) is 11.0. The van der Waals surface area contributed by atoms with Crippen molar-refractivity contribution in [3.8, 4) is 0 Å². The maximum atomic E-state index is 12.8. The first kappa shape index (κ1) is 57.6. The van der Waals surface area contributed by atoms with Crippen molar-refractivity contribution in [3.05, 3.63) is 60.8 Å². The molecule has 5 heteroatoms. The second-order valence-electron chi connectivity index (χ2n) is 17.0. The lowest BCUT2D eigenvalue weighted by Crippen LogP contribution is -2.30. The van der Waals surface area contributed by atoms with Gasteiger partial charge in [-0.2, -0.15) is 0 Å². The van der Waals surface area contributed by atoms with E-state index in [0.717, 1.165) is 83.5 Å². The third-order valence-corrected chi connectivity index (χ3v) is 11.0. The van der Waals surface area contributed by atoms with E-state index < -0.39 is 6.10 Å². The van der Waals surface area contributed by atoms with Crippen LogP contribution in [0, 0.1) is 0 Å². The van der Waals surface area contributed by atoms with Gasteiger partial charge < -0.3 is 14.2 Å². The van der Waals surface area contributed by atoms with Gasteiger partial charge in [-0.25, -0.2) is 0 Å². The smallest absolute Gasteiger partial charge is 0.306 e. The maximum absolute atomic E-state index is 12.8. The van der Waals surface area contributed by atoms with Gasteiger partial charge in [-0.05, 0) is 103 Å². The van der Waals surface area contributed by atoms with Crippen LogP contribution in [0.4, 0.5) is 0 Å². The minimum absolute atomic E-state index is 0.0705. The molecule has 0 spiro atoms. The Morgan fingerprint density at radius 2 is 0.750 bits per heavy atom. The molecule has 5 nitrogen and oxygen atoms in total. The Bertz CT molecular complexity index is 1040. The summed E-state index contributed by atoms with van der Waals surface area (Å²) >= 11 is 0. The highest BCUT2D eigenvalue weighted by Crippen LogP contribution is 2.14. The zero-order valence-corrected chi connectivity index (χ0v) is 40.0. The van der Waals surface area contributed by atoms with Gasteiger partial charge in [0.2, 0.25) is 0 Å². The van der Waals surface area contributed by atoms with Crippen molar-refractivity contribution in [2.45, 2.75) is 258 Å². The molecule has 60 heavy (non-hydrogen) atoms. The highest BCUT2D eigenvalue weighted by atomic mass is 16.6. The number of carbonyl (C=O) groups excluding carboxylic acids is 2. The van der Waals surface area contributed by atoms with Crippen molar-refractivity contribution in [1.29, 1.82) is 0 Å². The standard InChI is InChI=1S/C55H98O5/c1-4-7-10-13-16-19-22-25-28-30-33-36-39-42-45-48-54(56)59-52-53(51-58-50-47-44-41-38-35-32-27-24-21-18-15-12-9-6-3)60-55(57)49-46-43-40-37-34-31-29-26-23-20-17-14-11-8-5-2/h7,10,16,19,21,24-26,28-29,53H,4-6,8-9,11-15,17-18,20,22-23,27,30-52H2,1-3H3/b10-7-,19-16-,24-21-,28-25-,29-26-. The van der Waals surface area contributed by atoms with Crippen molar-refractivity contribution in [1.82, 2.24) is 0 Å². The Hall–Kier alpha value is -2.40. The molecule has 348 valence electrons. The van der Waals surface area contributed by atoms with Crippen LogP contribution in [0.5, 0.6) is 0 Å². The molecule has 0 rings (SSSR count). The van der Waals surface area contributed by atoms with E-state index in [1.54, 1.807) is 0 Å². The van der Waals surface area contributed by atoms with Crippen molar-refractivity contribution in [2.75, 3.05) is 19.8 Å². The second kappa shape index (κ2) is 51.0. The van der Waals surface area contributed by atoms with E-state index in [9.17, 15) is 9.59 Å². The van der Waals surface area contributed by atoms with Crippen LogP contribution in [-0.2, 0) is 23.8 Å². The predicted octanol–water partition coefficient (Wildman–Crippen LogP) is 17.3. The van der Waals surface area contributed by atoms with E-state index >= 15 is 0 Å². The monoisotopic (exact) mass is 839 g/mol. The molecule has 1 atom stereocenters. The summed E-state index contributed by atoms with van der Waals surface area (Å²) in [5, 5.41) is 0. The quantitative estimate of drug-likeness (QED) is 0.0347. The van der Waals surface area contributed by atoms with Crippen LogP contribution in [0.3, 0.4) is 0 Å². The fraction of sp³-hybridized carbons (Fsp3) is 0.782. The van der Waals surface area contributed by atoms with Crippen molar-refractivity contribution in [3.63, 3.8) is 0 Å². The number of allylic oxidation sites excluding steroid dienone is 10. The Morgan fingerprint density at radius 3 is 1.23 bits per heavy atom. The molecular formula is C55H98O5. The number of rotatable bonds is 47. The fourth-order valence-corrected chi connectivity index (χ4v) is 7.16. The van der Waals surface area contributed by atoms with Crippen molar-refractivity contribution in [2.24, 2.45) is 0 Å². The summed E-state index contributed by atoms with van der Waals surface area (Å²) in [5.41, 5.74) is 0.